The fourth-order valence-corrected chi connectivity index (χ4v) is 2.33. The smallest absolute Gasteiger partial charge is 0.274 e. The van der Waals surface area contributed by atoms with Crippen molar-refractivity contribution in [2.75, 3.05) is 32.1 Å². The Morgan fingerprint density at radius 1 is 1.12 bits per heavy atom. The van der Waals surface area contributed by atoms with E-state index in [-0.39, 0.29) is 5.91 Å². The topological polar surface area (TPSA) is 67.4 Å². The Kier molecular flexibility index (Phi) is 6.54. The van der Waals surface area contributed by atoms with E-state index in [0.29, 0.717) is 24.6 Å². The highest BCUT2D eigenvalue weighted by Gasteiger charge is 2.13. The van der Waals surface area contributed by atoms with Gasteiger partial charge in [-0.05, 0) is 38.0 Å². The van der Waals surface area contributed by atoms with E-state index in [1.54, 1.807) is 18.2 Å². The van der Waals surface area contributed by atoms with Crippen molar-refractivity contribution in [3.05, 3.63) is 47.9 Å². The Morgan fingerprint density at radius 2 is 1.83 bits per heavy atom. The van der Waals surface area contributed by atoms with E-state index in [1.165, 1.54) is 11.8 Å². The molecule has 0 radical (unpaired) electrons. The van der Waals surface area contributed by atoms with Gasteiger partial charge in [-0.25, -0.2) is 9.97 Å². The molecule has 0 saturated heterocycles. The van der Waals surface area contributed by atoms with Gasteiger partial charge in [0.1, 0.15) is 17.3 Å². The van der Waals surface area contributed by atoms with E-state index in [0.717, 1.165) is 18.7 Å². The Balaban J connectivity index is 1.86. The monoisotopic (exact) mass is 328 g/mol. The van der Waals surface area contributed by atoms with E-state index in [9.17, 15) is 4.79 Å². The fraction of sp³-hybridized carbons (Fsp3) is 0.389. The Labute approximate surface area is 142 Å². The second-order valence-corrected chi connectivity index (χ2v) is 5.29. The van der Waals surface area contributed by atoms with Crippen LogP contribution in [0.25, 0.3) is 0 Å². The maximum atomic E-state index is 12.2. The number of methoxy groups -OCH3 is 1. The number of carbonyl (C=O) groups excluding carboxylic acids is 1. The summed E-state index contributed by atoms with van der Waals surface area (Å²) in [6.07, 6.45) is 3.99. The molecule has 6 heteroatoms. The van der Waals surface area contributed by atoms with Crippen molar-refractivity contribution in [2.24, 2.45) is 0 Å². The molecule has 0 aliphatic carbocycles. The summed E-state index contributed by atoms with van der Waals surface area (Å²) >= 11 is 0. The first-order valence-corrected chi connectivity index (χ1v) is 8.16. The fourth-order valence-electron chi connectivity index (χ4n) is 2.33. The lowest BCUT2D eigenvalue weighted by molar-refractivity contribution is 0.0766. The van der Waals surface area contributed by atoms with Crippen molar-refractivity contribution in [1.29, 1.82) is 0 Å². The number of hydrogen-bond donors (Lipinski definition) is 1. The lowest BCUT2D eigenvalue weighted by atomic mass is 10.1. The van der Waals surface area contributed by atoms with Crippen LogP contribution in [0.5, 0.6) is 5.75 Å². The highest BCUT2D eigenvalue weighted by Crippen LogP contribution is 2.12. The van der Waals surface area contributed by atoms with Crippen molar-refractivity contribution < 1.29 is 9.53 Å². The van der Waals surface area contributed by atoms with Gasteiger partial charge in [0.05, 0.1) is 19.5 Å². The molecule has 0 unspecified atom stereocenters. The van der Waals surface area contributed by atoms with Crippen LogP contribution in [0.15, 0.2) is 36.7 Å². The molecule has 0 fully saturated rings. The summed E-state index contributed by atoms with van der Waals surface area (Å²) in [5.41, 5.74) is 1.59. The second-order valence-electron chi connectivity index (χ2n) is 5.29. The molecule has 24 heavy (non-hydrogen) atoms. The van der Waals surface area contributed by atoms with Crippen LogP contribution in [0.2, 0.25) is 0 Å². The molecule has 2 rings (SSSR count). The van der Waals surface area contributed by atoms with E-state index in [2.05, 4.69) is 15.3 Å². The second kappa shape index (κ2) is 8.86. The van der Waals surface area contributed by atoms with Gasteiger partial charge in [0.25, 0.3) is 5.91 Å². The van der Waals surface area contributed by atoms with Gasteiger partial charge in [0, 0.05) is 19.6 Å². The highest BCUT2D eigenvalue weighted by atomic mass is 16.5. The summed E-state index contributed by atoms with van der Waals surface area (Å²) in [4.78, 5) is 22.4. The van der Waals surface area contributed by atoms with Crippen molar-refractivity contribution in [3.63, 3.8) is 0 Å². The van der Waals surface area contributed by atoms with Crippen LogP contribution < -0.4 is 10.1 Å². The molecule has 0 atom stereocenters. The van der Waals surface area contributed by atoms with Gasteiger partial charge in [0.2, 0.25) is 0 Å². The van der Waals surface area contributed by atoms with Crippen LogP contribution in [0.4, 0.5) is 5.82 Å². The summed E-state index contributed by atoms with van der Waals surface area (Å²) in [6.45, 7) is 5.97. The van der Waals surface area contributed by atoms with Gasteiger partial charge in [-0.15, -0.1) is 0 Å². The first-order chi connectivity index (χ1) is 11.7. The predicted molar refractivity (Wildman–Crippen MR) is 94.5 cm³/mol. The van der Waals surface area contributed by atoms with Gasteiger partial charge < -0.3 is 15.0 Å². The van der Waals surface area contributed by atoms with E-state index < -0.39 is 0 Å². The zero-order valence-corrected chi connectivity index (χ0v) is 14.5. The number of carbonyl (C=O) groups is 1. The van der Waals surface area contributed by atoms with Gasteiger partial charge in [-0.1, -0.05) is 12.1 Å². The van der Waals surface area contributed by atoms with Gasteiger partial charge >= 0.3 is 0 Å². The molecule has 1 aromatic carbocycles. The number of nitrogens with zero attached hydrogens (tertiary/aromatic N) is 3. The van der Waals surface area contributed by atoms with Gasteiger partial charge in [-0.2, -0.15) is 0 Å². The summed E-state index contributed by atoms with van der Waals surface area (Å²) in [5, 5.41) is 3.22. The average Bonchev–Trinajstić information content (AvgIpc) is 2.64. The van der Waals surface area contributed by atoms with Crippen LogP contribution in [-0.2, 0) is 6.42 Å². The number of anilines is 1. The number of amides is 1. The summed E-state index contributed by atoms with van der Waals surface area (Å²) in [5.74, 6) is 1.43. The van der Waals surface area contributed by atoms with Crippen LogP contribution in [0.3, 0.4) is 0 Å². The molecular weight excluding hydrogens is 304 g/mol. The minimum atomic E-state index is -0.0858. The number of benzene rings is 1. The van der Waals surface area contributed by atoms with Crippen LogP contribution in [0.1, 0.15) is 29.9 Å². The number of ether oxygens (including phenoxy) is 1. The van der Waals surface area contributed by atoms with Crippen LogP contribution >= 0.6 is 0 Å². The molecule has 6 nitrogen and oxygen atoms in total. The zero-order chi connectivity index (χ0) is 17.4. The van der Waals surface area contributed by atoms with Crippen LogP contribution in [0, 0.1) is 0 Å². The molecule has 1 heterocycles. The van der Waals surface area contributed by atoms with Gasteiger partial charge in [-0.3, -0.25) is 4.79 Å². The Morgan fingerprint density at radius 3 is 2.38 bits per heavy atom. The first-order valence-electron chi connectivity index (χ1n) is 8.16. The molecule has 1 aromatic heterocycles. The largest absolute Gasteiger partial charge is 0.497 e. The van der Waals surface area contributed by atoms with Crippen molar-refractivity contribution in [2.45, 2.75) is 20.3 Å². The quantitative estimate of drug-likeness (QED) is 0.807. The predicted octanol–water partition coefficient (Wildman–Crippen LogP) is 2.62. The zero-order valence-electron chi connectivity index (χ0n) is 14.5. The van der Waals surface area contributed by atoms with Crippen LogP contribution in [-0.4, -0.2) is 47.5 Å². The maximum Gasteiger partial charge on any atom is 0.274 e. The number of hydrogen-bond acceptors (Lipinski definition) is 5. The normalized spacial score (nSPS) is 10.3. The molecule has 0 spiro atoms. The third kappa shape index (κ3) is 4.68. The molecule has 128 valence electrons. The number of aromatic nitrogens is 2. The maximum absolute atomic E-state index is 12.2. The van der Waals surface area contributed by atoms with Crippen molar-refractivity contribution in [1.82, 2.24) is 14.9 Å². The van der Waals surface area contributed by atoms with E-state index >= 15 is 0 Å². The molecule has 0 aliphatic rings. The summed E-state index contributed by atoms with van der Waals surface area (Å²) < 4.78 is 5.14. The minimum Gasteiger partial charge on any atom is -0.497 e. The Hall–Kier alpha value is -2.63. The lowest BCUT2D eigenvalue weighted by Gasteiger charge is -2.17. The third-order valence-corrected chi connectivity index (χ3v) is 3.80. The molecule has 0 bridgehead atoms. The SMILES string of the molecule is CCN(CC)C(=O)c1cnc(NCCc2ccc(OC)cc2)cn1. The van der Waals surface area contributed by atoms with Gasteiger partial charge in [0.15, 0.2) is 0 Å². The third-order valence-electron chi connectivity index (χ3n) is 3.80. The standard InChI is InChI=1S/C18H24N4O2/c1-4-22(5-2)18(23)16-12-21-17(13-20-16)19-11-10-14-6-8-15(24-3)9-7-14/h6-9,12-13H,4-5,10-11H2,1-3H3,(H,19,21). The first kappa shape index (κ1) is 17.7. The van der Waals surface area contributed by atoms with Crippen molar-refractivity contribution in [3.8, 4) is 5.75 Å². The lowest BCUT2D eigenvalue weighted by Crippen LogP contribution is -2.31. The Bertz CT molecular complexity index is 637. The molecule has 0 aliphatic heterocycles. The molecule has 1 amide bonds. The summed E-state index contributed by atoms with van der Waals surface area (Å²) in [6, 6.07) is 7.97. The van der Waals surface area contributed by atoms with E-state index in [1.807, 2.05) is 38.1 Å². The van der Waals surface area contributed by atoms with E-state index in [4.69, 9.17) is 4.74 Å². The molecular formula is C18H24N4O2. The van der Waals surface area contributed by atoms with Crippen molar-refractivity contribution >= 4 is 11.7 Å². The molecule has 1 N–H and O–H groups in total. The number of rotatable bonds is 8. The highest BCUT2D eigenvalue weighted by molar-refractivity contribution is 5.92. The summed E-state index contributed by atoms with van der Waals surface area (Å²) in [7, 11) is 1.66. The molecule has 0 saturated carbocycles. The number of nitrogens with one attached hydrogen (secondary N) is 1. The average molecular weight is 328 g/mol. The molecule has 2 aromatic rings. The minimum absolute atomic E-state index is 0.0858.